The maximum Gasteiger partial charge on any atom is 0.102 e. The van der Waals surface area contributed by atoms with Gasteiger partial charge in [0.2, 0.25) is 0 Å². The molecule has 0 saturated heterocycles. The highest BCUT2D eigenvalue weighted by atomic mass is 19.1. The molecule has 0 aromatic heterocycles. The van der Waals surface area contributed by atoms with Gasteiger partial charge < -0.3 is 0 Å². The number of hydrogen-bond acceptors (Lipinski definition) is 1. The van der Waals surface area contributed by atoms with Crippen molar-refractivity contribution in [3.63, 3.8) is 0 Å². The Bertz CT molecular complexity index is 523. The fourth-order valence-corrected chi connectivity index (χ4v) is 2.29. The molecule has 2 rings (SSSR count). The Morgan fingerprint density at radius 3 is 2.60 bits per heavy atom. The van der Waals surface area contributed by atoms with Gasteiger partial charge in [-0.15, -0.1) is 0 Å². The summed E-state index contributed by atoms with van der Waals surface area (Å²) in [7, 11) is 1.95. The summed E-state index contributed by atoms with van der Waals surface area (Å²) in [6, 6.07) is 8.63. The number of allylic oxidation sites excluding steroid dienone is 4. The Balaban J connectivity index is 2.10. The van der Waals surface area contributed by atoms with Gasteiger partial charge in [0, 0.05) is 13.1 Å². The summed E-state index contributed by atoms with van der Waals surface area (Å²) in [6.07, 6.45) is 9.60. The second-order valence-electron chi connectivity index (χ2n) is 5.33. The molecule has 1 aromatic rings. The van der Waals surface area contributed by atoms with Crippen LogP contribution in [-0.4, -0.2) is 31.7 Å². The second-order valence-corrected chi connectivity index (χ2v) is 5.33. The lowest BCUT2D eigenvalue weighted by atomic mass is 10.0. The molecule has 106 valence electrons. The van der Waals surface area contributed by atoms with Crippen LogP contribution >= 0.6 is 0 Å². The average Bonchev–Trinajstić information content (AvgIpc) is 2.66. The van der Waals surface area contributed by atoms with E-state index >= 15 is 0 Å². The molecule has 0 unspecified atom stereocenters. The summed E-state index contributed by atoms with van der Waals surface area (Å²) in [5, 5.41) is 0. The molecule has 0 bridgehead atoms. The number of alkyl halides is 1. The third kappa shape index (κ3) is 4.17. The van der Waals surface area contributed by atoms with Gasteiger partial charge in [-0.3, -0.25) is 4.90 Å². The maximum atomic E-state index is 12.3. The van der Waals surface area contributed by atoms with E-state index in [1.165, 1.54) is 22.3 Å². The molecular weight excluding hydrogens is 249 g/mol. The number of aryl methyl sites for hydroxylation is 1. The molecule has 0 heterocycles. The summed E-state index contributed by atoms with van der Waals surface area (Å²) in [5.74, 6) is 0. The monoisotopic (exact) mass is 271 g/mol. The van der Waals surface area contributed by atoms with Crippen LogP contribution in [0.3, 0.4) is 0 Å². The summed E-state index contributed by atoms with van der Waals surface area (Å²) in [6.45, 7) is 3.08. The van der Waals surface area contributed by atoms with Crippen molar-refractivity contribution < 1.29 is 4.39 Å². The van der Waals surface area contributed by atoms with Crippen molar-refractivity contribution in [1.82, 2.24) is 4.90 Å². The van der Waals surface area contributed by atoms with Crippen LogP contribution in [0, 0.1) is 6.92 Å². The summed E-state index contributed by atoms with van der Waals surface area (Å²) in [4.78, 5) is 2.00. The first kappa shape index (κ1) is 14.7. The molecule has 0 atom stereocenters. The van der Waals surface area contributed by atoms with Gasteiger partial charge in [-0.1, -0.05) is 54.1 Å². The predicted octanol–water partition coefficient (Wildman–Crippen LogP) is 4.17. The minimum atomic E-state index is -0.294. The Morgan fingerprint density at radius 1 is 1.15 bits per heavy atom. The van der Waals surface area contributed by atoms with Gasteiger partial charge in [0.15, 0.2) is 0 Å². The Morgan fingerprint density at radius 2 is 1.90 bits per heavy atom. The van der Waals surface area contributed by atoms with Gasteiger partial charge in [-0.25, -0.2) is 4.39 Å². The van der Waals surface area contributed by atoms with E-state index in [0.717, 1.165) is 13.0 Å². The van der Waals surface area contributed by atoms with Crippen LogP contribution < -0.4 is 0 Å². The lowest BCUT2D eigenvalue weighted by molar-refractivity contribution is 0.316. The molecule has 20 heavy (non-hydrogen) atoms. The molecule has 0 saturated carbocycles. The van der Waals surface area contributed by atoms with E-state index < -0.39 is 0 Å². The van der Waals surface area contributed by atoms with Crippen LogP contribution in [0.15, 0.2) is 54.1 Å². The van der Waals surface area contributed by atoms with Crippen molar-refractivity contribution in [1.29, 1.82) is 0 Å². The minimum absolute atomic E-state index is 0.294. The molecule has 0 amide bonds. The largest absolute Gasteiger partial charge is 0.300 e. The lowest BCUT2D eigenvalue weighted by Crippen LogP contribution is -2.22. The Labute approximate surface area is 121 Å². The Hall–Kier alpha value is -1.67. The third-order valence-electron chi connectivity index (χ3n) is 3.51. The normalized spacial score (nSPS) is 15.0. The van der Waals surface area contributed by atoms with Gasteiger partial charge in [0.1, 0.15) is 6.67 Å². The van der Waals surface area contributed by atoms with Gasteiger partial charge in [0.05, 0.1) is 0 Å². The molecule has 1 aliphatic carbocycles. The van der Waals surface area contributed by atoms with Crippen molar-refractivity contribution in [2.24, 2.45) is 0 Å². The van der Waals surface area contributed by atoms with E-state index in [1.54, 1.807) is 0 Å². The number of rotatable bonds is 5. The van der Waals surface area contributed by atoms with Gasteiger partial charge in [0.25, 0.3) is 0 Å². The molecule has 0 aliphatic heterocycles. The number of likely N-dealkylation sites (N-methyl/N-ethyl adjacent to an activating group) is 1. The zero-order valence-electron chi connectivity index (χ0n) is 12.3. The number of halogens is 1. The smallest absolute Gasteiger partial charge is 0.102 e. The van der Waals surface area contributed by atoms with E-state index in [4.69, 9.17) is 0 Å². The van der Waals surface area contributed by atoms with Crippen LogP contribution in [-0.2, 0) is 0 Å². The molecule has 1 aliphatic rings. The summed E-state index contributed by atoms with van der Waals surface area (Å²) in [5.41, 5.74) is 5.10. The fraction of sp³-hybridized carbons (Fsp3) is 0.333. The first-order valence-electron chi connectivity index (χ1n) is 7.07. The van der Waals surface area contributed by atoms with Crippen molar-refractivity contribution in [2.75, 3.05) is 26.8 Å². The van der Waals surface area contributed by atoms with E-state index in [-0.39, 0.29) is 6.67 Å². The SMILES string of the molecule is Cc1ccc(C2=CC=C(CN(C)CCF)C=CC2)cc1. The first-order chi connectivity index (χ1) is 9.69. The number of benzene rings is 1. The fourth-order valence-electron chi connectivity index (χ4n) is 2.29. The molecule has 1 nitrogen and oxygen atoms in total. The van der Waals surface area contributed by atoms with E-state index in [9.17, 15) is 4.39 Å². The minimum Gasteiger partial charge on any atom is -0.300 e. The molecule has 0 spiro atoms. The van der Waals surface area contributed by atoms with Crippen molar-refractivity contribution in [2.45, 2.75) is 13.3 Å². The molecular formula is C18H22FN. The number of hydrogen-bond donors (Lipinski definition) is 0. The van der Waals surface area contributed by atoms with Crippen LogP contribution in [0.1, 0.15) is 17.5 Å². The second kappa shape index (κ2) is 7.20. The molecule has 0 N–H and O–H groups in total. The Kier molecular flexibility index (Phi) is 5.31. The highest BCUT2D eigenvalue weighted by molar-refractivity contribution is 5.69. The van der Waals surface area contributed by atoms with E-state index in [1.807, 2.05) is 11.9 Å². The summed E-state index contributed by atoms with van der Waals surface area (Å²) < 4.78 is 12.3. The predicted molar refractivity (Wildman–Crippen MR) is 84.5 cm³/mol. The average molecular weight is 271 g/mol. The third-order valence-corrected chi connectivity index (χ3v) is 3.51. The van der Waals surface area contributed by atoms with Crippen LogP contribution in [0.25, 0.3) is 5.57 Å². The molecule has 1 aromatic carbocycles. The quantitative estimate of drug-likeness (QED) is 0.777. The van der Waals surface area contributed by atoms with E-state index in [2.05, 4.69) is 55.5 Å². The standard InChI is InChI=1S/C18H22FN/c1-15-6-9-18(10-7-15)17-5-3-4-16(8-11-17)14-20(2)13-12-19/h3-4,6-11H,5,12-14H2,1-2H3. The summed E-state index contributed by atoms with van der Waals surface area (Å²) >= 11 is 0. The lowest BCUT2D eigenvalue weighted by Gasteiger charge is -2.14. The van der Waals surface area contributed by atoms with Gasteiger partial charge in [-0.05, 0) is 37.1 Å². The topological polar surface area (TPSA) is 3.24 Å². The molecule has 2 heteroatoms. The van der Waals surface area contributed by atoms with Crippen molar-refractivity contribution >= 4 is 5.57 Å². The highest BCUT2D eigenvalue weighted by Crippen LogP contribution is 2.22. The van der Waals surface area contributed by atoms with Gasteiger partial charge in [-0.2, -0.15) is 0 Å². The van der Waals surface area contributed by atoms with Crippen LogP contribution in [0.4, 0.5) is 4.39 Å². The molecule has 0 radical (unpaired) electrons. The van der Waals surface area contributed by atoms with Crippen LogP contribution in [0.2, 0.25) is 0 Å². The molecule has 0 fully saturated rings. The zero-order chi connectivity index (χ0) is 14.4. The highest BCUT2D eigenvalue weighted by Gasteiger charge is 2.04. The van der Waals surface area contributed by atoms with Gasteiger partial charge >= 0.3 is 0 Å². The zero-order valence-corrected chi connectivity index (χ0v) is 12.3. The van der Waals surface area contributed by atoms with Crippen molar-refractivity contribution in [3.05, 3.63) is 65.3 Å². The maximum absolute atomic E-state index is 12.3. The number of nitrogens with zero attached hydrogens (tertiary/aromatic N) is 1. The van der Waals surface area contributed by atoms with Crippen LogP contribution in [0.5, 0.6) is 0 Å². The van der Waals surface area contributed by atoms with E-state index in [0.29, 0.717) is 6.54 Å². The van der Waals surface area contributed by atoms with Crippen molar-refractivity contribution in [3.8, 4) is 0 Å². The first-order valence-corrected chi connectivity index (χ1v) is 7.07.